The van der Waals surface area contributed by atoms with Crippen LogP contribution >= 0.6 is 45.3 Å². The lowest BCUT2D eigenvalue weighted by Crippen LogP contribution is -1.96. The lowest BCUT2D eigenvalue weighted by atomic mass is 9.85. The highest BCUT2D eigenvalue weighted by molar-refractivity contribution is 7.37. The monoisotopic (exact) mass is 714 g/mol. The molecule has 4 heterocycles. The zero-order chi connectivity index (χ0) is 34.0. The molecule has 10 aromatic rings. The summed E-state index contributed by atoms with van der Waals surface area (Å²) in [5.74, 6) is 0. The van der Waals surface area contributed by atoms with Gasteiger partial charge in [-0.15, -0.1) is 45.3 Å². The van der Waals surface area contributed by atoms with E-state index in [2.05, 4.69) is 139 Å². The highest BCUT2D eigenvalue weighted by Gasteiger charge is 2.18. The number of hydrogen-bond acceptors (Lipinski definition) is 4. The SMILES string of the molecule is Cc1ccc2c(c1)sc1c3ccc(-c4cc(C)c(-c5c(C)cc(-c6ccc7c(c6)sc6c8ccc(C)cc8sc76)cc5C)c(C)c4)cc3sc21. The summed E-state index contributed by atoms with van der Waals surface area (Å²) in [6.07, 6.45) is 0. The van der Waals surface area contributed by atoms with Crippen molar-refractivity contribution in [3.8, 4) is 33.4 Å². The summed E-state index contributed by atoms with van der Waals surface area (Å²) < 4.78 is 11.2. The molecule has 0 amide bonds. The van der Waals surface area contributed by atoms with Crippen LogP contribution < -0.4 is 0 Å². The largest absolute Gasteiger partial charge is 0.134 e. The van der Waals surface area contributed by atoms with Gasteiger partial charge < -0.3 is 0 Å². The van der Waals surface area contributed by atoms with Crippen molar-refractivity contribution in [1.82, 2.24) is 0 Å². The molecule has 0 atom stereocenters. The molecule has 0 aliphatic carbocycles. The lowest BCUT2D eigenvalue weighted by Gasteiger charge is -2.19. The number of thiophene rings is 4. The summed E-state index contributed by atoms with van der Waals surface area (Å²) in [6.45, 7) is 13.5. The summed E-state index contributed by atoms with van der Waals surface area (Å²) in [5.41, 5.74) is 15.9. The van der Waals surface area contributed by atoms with Crippen molar-refractivity contribution in [2.45, 2.75) is 41.5 Å². The molecule has 0 nitrogen and oxygen atoms in total. The van der Waals surface area contributed by atoms with Gasteiger partial charge in [0.15, 0.2) is 0 Å². The molecular formula is C46H34S4. The average molecular weight is 715 g/mol. The second kappa shape index (κ2) is 11.1. The maximum absolute atomic E-state index is 2.41. The number of rotatable bonds is 3. The highest BCUT2D eigenvalue weighted by Crippen LogP contribution is 2.47. The number of fused-ring (bicyclic) bond motifs is 10. The van der Waals surface area contributed by atoms with E-state index in [-0.39, 0.29) is 0 Å². The predicted octanol–water partition coefficient (Wildman–Crippen LogP) is 15.7. The molecule has 10 rings (SSSR count). The minimum absolute atomic E-state index is 1.29. The maximum atomic E-state index is 2.41. The Kier molecular flexibility index (Phi) is 6.76. The Morgan fingerprint density at radius 1 is 0.300 bits per heavy atom. The van der Waals surface area contributed by atoms with E-state index in [1.807, 2.05) is 45.3 Å². The first-order valence-electron chi connectivity index (χ1n) is 17.1. The zero-order valence-corrected chi connectivity index (χ0v) is 32.1. The fourth-order valence-corrected chi connectivity index (χ4v) is 13.7. The summed E-state index contributed by atoms with van der Waals surface area (Å²) in [6, 6.07) is 37.4. The lowest BCUT2D eigenvalue weighted by molar-refractivity contribution is 1.32. The molecule has 242 valence electrons. The molecule has 4 heteroatoms. The number of aryl methyl sites for hydroxylation is 6. The van der Waals surface area contributed by atoms with Crippen molar-refractivity contribution >= 4 is 104 Å². The van der Waals surface area contributed by atoms with Crippen molar-refractivity contribution < 1.29 is 0 Å². The molecule has 0 spiro atoms. The first kappa shape index (κ1) is 30.5. The fourth-order valence-electron chi connectivity index (χ4n) is 8.13. The molecule has 0 N–H and O–H groups in total. The van der Waals surface area contributed by atoms with Crippen LogP contribution in [0.15, 0.2) is 97.1 Å². The van der Waals surface area contributed by atoms with Gasteiger partial charge in [-0.2, -0.15) is 0 Å². The standard InChI is InChI=1S/C46H34S4/c1-23-7-11-33-37(15-23)47-45-35-13-9-29(21-39(35)49-43(33)45)31-17-25(3)41(26(4)18-31)42-27(5)19-32(20-28(42)6)30-10-14-36-40(22-30)50-44-34-12-8-24(2)16-38(34)48-46(36)44/h7-22H,1-6H3. The van der Waals surface area contributed by atoms with Crippen molar-refractivity contribution in [2.75, 3.05) is 0 Å². The molecule has 0 bridgehead atoms. The number of hydrogen-bond donors (Lipinski definition) is 0. The second-order valence-electron chi connectivity index (χ2n) is 14.1. The predicted molar refractivity (Wildman–Crippen MR) is 228 cm³/mol. The third-order valence-electron chi connectivity index (χ3n) is 10.5. The summed E-state index contributed by atoms with van der Waals surface area (Å²) >= 11 is 7.74. The van der Waals surface area contributed by atoms with E-state index in [0.717, 1.165) is 0 Å². The molecule has 0 aliphatic rings. The summed E-state index contributed by atoms with van der Waals surface area (Å²) in [5, 5.41) is 5.54. The van der Waals surface area contributed by atoms with Gasteiger partial charge in [0.2, 0.25) is 0 Å². The van der Waals surface area contributed by atoms with E-state index in [9.17, 15) is 0 Å². The van der Waals surface area contributed by atoms with Gasteiger partial charge in [-0.1, -0.05) is 72.8 Å². The molecule has 0 fully saturated rings. The third kappa shape index (κ3) is 4.59. The summed E-state index contributed by atoms with van der Waals surface area (Å²) in [7, 11) is 0. The molecular weight excluding hydrogens is 681 g/mol. The van der Waals surface area contributed by atoms with Crippen molar-refractivity contribution in [1.29, 1.82) is 0 Å². The van der Waals surface area contributed by atoms with Crippen LogP contribution in [0.4, 0.5) is 0 Å². The van der Waals surface area contributed by atoms with Gasteiger partial charge in [0.05, 0.1) is 18.8 Å². The topological polar surface area (TPSA) is 0 Å². The molecule has 0 radical (unpaired) electrons. The van der Waals surface area contributed by atoms with E-state index in [1.54, 1.807) is 0 Å². The molecule has 0 aliphatic heterocycles. The Morgan fingerprint density at radius 2 is 0.600 bits per heavy atom. The van der Waals surface area contributed by atoms with E-state index < -0.39 is 0 Å². The molecule has 0 unspecified atom stereocenters. The van der Waals surface area contributed by atoms with E-state index in [4.69, 9.17) is 0 Å². The van der Waals surface area contributed by atoms with Crippen LogP contribution in [-0.2, 0) is 0 Å². The Bertz CT molecular complexity index is 2790. The van der Waals surface area contributed by atoms with Crippen molar-refractivity contribution in [3.05, 3.63) is 130 Å². The van der Waals surface area contributed by atoms with E-state index in [1.165, 1.54) is 126 Å². The molecule has 50 heavy (non-hydrogen) atoms. The maximum Gasteiger partial charge on any atom is 0.0542 e. The Labute approximate surface area is 307 Å². The van der Waals surface area contributed by atoms with Gasteiger partial charge in [-0.3, -0.25) is 0 Å². The Hall–Kier alpha value is -4.32. The quantitative estimate of drug-likeness (QED) is 0.171. The minimum atomic E-state index is 1.29. The first-order chi connectivity index (χ1) is 24.2. The first-order valence-corrected chi connectivity index (χ1v) is 20.4. The Morgan fingerprint density at radius 3 is 0.940 bits per heavy atom. The van der Waals surface area contributed by atoms with E-state index in [0.29, 0.717) is 0 Å². The molecule has 0 saturated carbocycles. The van der Waals surface area contributed by atoms with Crippen LogP contribution in [-0.4, -0.2) is 0 Å². The second-order valence-corrected chi connectivity index (χ2v) is 18.3. The van der Waals surface area contributed by atoms with Gasteiger partial charge >= 0.3 is 0 Å². The van der Waals surface area contributed by atoms with E-state index >= 15 is 0 Å². The average Bonchev–Trinajstić information content (AvgIpc) is 3.82. The van der Waals surface area contributed by atoms with Crippen LogP contribution in [0.3, 0.4) is 0 Å². The Balaban J connectivity index is 1.01. The molecule has 0 saturated heterocycles. The van der Waals surface area contributed by atoms with Crippen LogP contribution in [0, 0.1) is 41.5 Å². The van der Waals surface area contributed by atoms with Crippen LogP contribution in [0.5, 0.6) is 0 Å². The van der Waals surface area contributed by atoms with Gasteiger partial charge in [0.1, 0.15) is 0 Å². The highest BCUT2D eigenvalue weighted by atomic mass is 32.1. The molecule has 4 aromatic heterocycles. The van der Waals surface area contributed by atoms with Crippen LogP contribution in [0.2, 0.25) is 0 Å². The van der Waals surface area contributed by atoms with Gasteiger partial charge in [0.25, 0.3) is 0 Å². The van der Waals surface area contributed by atoms with Crippen molar-refractivity contribution in [2.24, 2.45) is 0 Å². The van der Waals surface area contributed by atoms with Crippen molar-refractivity contribution in [3.63, 3.8) is 0 Å². The van der Waals surface area contributed by atoms with Gasteiger partial charge in [-0.05, 0) is 133 Å². The normalized spacial score (nSPS) is 12.2. The fraction of sp³-hybridized carbons (Fsp3) is 0.130. The van der Waals surface area contributed by atoms with Gasteiger partial charge in [-0.25, -0.2) is 0 Å². The minimum Gasteiger partial charge on any atom is -0.134 e. The number of benzene rings is 6. The zero-order valence-electron chi connectivity index (χ0n) is 28.9. The van der Waals surface area contributed by atoms with Crippen LogP contribution in [0.25, 0.3) is 92.5 Å². The molecule has 6 aromatic carbocycles. The van der Waals surface area contributed by atoms with Crippen LogP contribution in [0.1, 0.15) is 33.4 Å². The van der Waals surface area contributed by atoms with Gasteiger partial charge in [0, 0.05) is 40.3 Å². The summed E-state index contributed by atoms with van der Waals surface area (Å²) in [4.78, 5) is 0. The smallest absolute Gasteiger partial charge is 0.0542 e. The third-order valence-corrected chi connectivity index (χ3v) is 15.5.